The third-order valence-corrected chi connectivity index (χ3v) is 4.42. The van der Waals surface area contributed by atoms with Crippen molar-refractivity contribution in [3.05, 3.63) is 11.8 Å². The van der Waals surface area contributed by atoms with E-state index in [1.165, 1.54) is 0 Å². The molecule has 0 saturated carbocycles. The number of carbonyl (C=O) groups excluding carboxylic acids is 1. The van der Waals surface area contributed by atoms with Crippen molar-refractivity contribution < 1.29 is 17.9 Å². The molecule has 0 unspecified atom stereocenters. The number of likely N-dealkylation sites (N-methyl/N-ethyl adjacent to an activating group) is 1. The Hall–Kier alpha value is -1.45. The normalized spacial score (nSPS) is 11.8. The first-order valence-electron chi connectivity index (χ1n) is 6.88. The second-order valence-corrected chi connectivity index (χ2v) is 5.96. The van der Waals surface area contributed by atoms with Gasteiger partial charge in [-0.05, 0) is 20.0 Å². The minimum atomic E-state index is -3.82. The zero-order valence-corrected chi connectivity index (χ0v) is 13.4. The molecule has 0 spiro atoms. The molecule has 0 aliphatic heterocycles. The van der Waals surface area contributed by atoms with Crippen LogP contribution < -0.4 is 4.72 Å². The topological polar surface area (TPSA) is 104 Å². The van der Waals surface area contributed by atoms with Crippen LogP contribution >= 0.6 is 0 Å². The molecule has 0 bridgehead atoms. The summed E-state index contributed by atoms with van der Waals surface area (Å²) in [5, 5.41) is 5.68. The fraction of sp³-hybridized carbons (Fsp3) is 0.667. The molecule has 1 heterocycles. The monoisotopic (exact) mass is 318 g/mol. The summed E-state index contributed by atoms with van der Waals surface area (Å²) < 4.78 is 31.6. The van der Waals surface area contributed by atoms with Gasteiger partial charge in [0.25, 0.3) is 10.0 Å². The maximum absolute atomic E-state index is 12.2. The summed E-state index contributed by atoms with van der Waals surface area (Å²) in [6, 6.07) is 0. The van der Waals surface area contributed by atoms with Crippen LogP contribution in [0.15, 0.2) is 11.2 Å². The minimum absolute atomic E-state index is 0.0906. The third-order valence-electron chi connectivity index (χ3n) is 2.98. The summed E-state index contributed by atoms with van der Waals surface area (Å²) in [5.41, 5.74) is -0.0906. The van der Waals surface area contributed by atoms with Gasteiger partial charge in [-0.1, -0.05) is 13.8 Å². The second kappa shape index (κ2) is 8.11. The maximum atomic E-state index is 12.2. The van der Waals surface area contributed by atoms with Crippen molar-refractivity contribution >= 4 is 16.0 Å². The van der Waals surface area contributed by atoms with Gasteiger partial charge in [0, 0.05) is 13.1 Å². The molecule has 0 amide bonds. The number of esters is 1. The molecule has 1 rings (SSSR count). The van der Waals surface area contributed by atoms with E-state index >= 15 is 0 Å². The SMILES string of the molecule is CCOC(=O)c1cn[nH]c1S(=O)(=O)NCCN(CC)CC. The van der Waals surface area contributed by atoms with E-state index in [1.54, 1.807) is 6.92 Å². The molecule has 21 heavy (non-hydrogen) atoms. The van der Waals surface area contributed by atoms with Crippen molar-refractivity contribution in [1.29, 1.82) is 0 Å². The third kappa shape index (κ3) is 4.80. The van der Waals surface area contributed by atoms with Crippen LogP contribution in [-0.2, 0) is 14.8 Å². The van der Waals surface area contributed by atoms with Crippen LogP contribution in [0.2, 0.25) is 0 Å². The van der Waals surface area contributed by atoms with Crippen molar-refractivity contribution in [3.63, 3.8) is 0 Å². The van der Waals surface area contributed by atoms with Crippen molar-refractivity contribution in [2.75, 3.05) is 32.8 Å². The van der Waals surface area contributed by atoms with Gasteiger partial charge >= 0.3 is 5.97 Å². The number of nitrogens with one attached hydrogen (secondary N) is 2. The summed E-state index contributed by atoms with van der Waals surface area (Å²) in [6.45, 7) is 8.36. The van der Waals surface area contributed by atoms with Gasteiger partial charge in [-0.3, -0.25) is 5.10 Å². The van der Waals surface area contributed by atoms with Crippen LogP contribution in [0.3, 0.4) is 0 Å². The fourth-order valence-corrected chi connectivity index (χ4v) is 2.89. The van der Waals surface area contributed by atoms with Crippen LogP contribution in [0.4, 0.5) is 0 Å². The molecule has 0 fully saturated rings. The predicted molar refractivity (Wildman–Crippen MR) is 77.5 cm³/mol. The Bertz CT molecular complexity index is 551. The summed E-state index contributed by atoms with van der Waals surface area (Å²) in [6.07, 6.45) is 1.15. The Kier molecular flexibility index (Phi) is 6.79. The number of rotatable bonds is 9. The molecule has 0 radical (unpaired) electrons. The van der Waals surface area contributed by atoms with E-state index in [9.17, 15) is 13.2 Å². The molecule has 1 aromatic rings. The highest BCUT2D eigenvalue weighted by Crippen LogP contribution is 2.12. The van der Waals surface area contributed by atoms with Gasteiger partial charge in [0.15, 0.2) is 5.03 Å². The van der Waals surface area contributed by atoms with Crippen LogP contribution in [0.25, 0.3) is 0 Å². The van der Waals surface area contributed by atoms with Gasteiger partial charge in [-0.15, -0.1) is 0 Å². The van der Waals surface area contributed by atoms with Crippen molar-refractivity contribution in [1.82, 2.24) is 19.8 Å². The van der Waals surface area contributed by atoms with E-state index in [1.807, 2.05) is 13.8 Å². The average molecular weight is 318 g/mol. The molecule has 1 aromatic heterocycles. The highest BCUT2D eigenvalue weighted by atomic mass is 32.2. The average Bonchev–Trinajstić information content (AvgIpc) is 2.94. The number of nitrogens with zero attached hydrogens (tertiary/aromatic N) is 2. The van der Waals surface area contributed by atoms with E-state index in [2.05, 4.69) is 19.8 Å². The first-order valence-corrected chi connectivity index (χ1v) is 8.37. The highest BCUT2D eigenvalue weighted by Gasteiger charge is 2.25. The Labute approximate surface area is 124 Å². The summed E-state index contributed by atoms with van der Waals surface area (Å²) in [4.78, 5) is 13.8. The molecule has 0 atom stereocenters. The van der Waals surface area contributed by atoms with Gasteiger partial charge in [-0.2, -0.15) is 5.10 Å². The van der Waals surface area contributed by atoms with E-state index < -0.39 is 16.0 Å². The second-order valence-electron chi connectivity index (χ2n) is 4.26. The van der Waals surface area contributed by atoms with Crippen LogP contribution in [0, 0.1) is 0 Å². The molecule has 0 aliphatic rings. The lowest BCUT2D eigenvalue weighted by atomic mass is 10.4. The lowest BCUT2D eigenvalue weighted by Gasteiger charge is -2.17. The zero-order valence-electron chi connectivity index (χ0n) is 12.5. The Morgan fingerprint density at radius 1 is 1.38 bits per heavy atom. The number of hydrogen-bond donors (Lipinski definition) is 2. The van der Waals surface area contributed by atoms with Crippen LogP contribution in [-0.4, -0.2) is 62.3 Å². The van der Waals surface area contributed by atoms with Gasteiger partial charge in [-0.25, -0.2) is 17.9 Å². The number of sulfonamides is 1. The molecule has 0 aromatic carbocycles. The van der Waals surface area contributed by atoms with E-state index in [0.717, 1.165) is 19.3 Å². The summed E-state index contributed by atoms with van der Waals surface area (Å²) >= 11 is 0. The molecule has 120 valence electrons. The van der Waals surface area contributed by atoms with Gasteiger partial charge in [0.1, 0.15) is 5.56 Å². The number of aromatic amines is 1. The molecular weight excluding hydrogens is 296 g/mol. The molecule has 0 saturated heterocycles. The molecule has 2 N–H and O–H groups in total. The van der Waals surface area contributed by atoms with E-state index in [-0.39, 0.29) is 23.7 Å². The largest absolute Gasteiger partial charge is 0.462 e. The van der Waals surface area contributed by atoms with Crippen molar-refractivity contribution in [3.8, 4) is 0 Å². The van der Waals surface area contributed by atoms with Crippen LogP contribution in [0.5, 0.6) is 0 Å². The predicted octanol–water partition coefficient (Wildman–Crippen LogP) is 0.207. The minimum Gasteiger partial charge on any atom is -0.462 e. The number of ether oxygens (including phenoxy) is 1. The van der Waals surface area contributed by atoms with Gasteiger partial charge < -0.3 is 9.64 Å². The zero-order chi connectivity index (χ0) is 15.9. The van der Waals surface area contributed by atoms with Gasteiger partial charge in [0.05, 0.1) is 12.8 Å². The smallest absolute Gasteiger partial charge is 0.342 e. The highest BCUT2D eigenvalue weighted by molar-refractivity contribution is 7.89. The Morgan fingerprint density at radius 2 is 2.05 bits per heavy atom. The van der Waals surface area contributed by atoms with E-state index in [0.29, 0.717) is 6.54 Å². The van der Waals surface area contributed by atoms with Gasteiger partial charge in [0.2, 0.25) is 0 Å². The molecule has 9 heteroatoms. The Balaban J connectivity index is 2.75. The number of H-pyrrole nitrogens is 1. The number of carbonyl (C=O) groups is 1. The lowest BCUT2D eigenvalue weighted by Crippen LogP contribution is -2.35. The van der Waals surface area contributed by atoms with Crippen molar-refractivity contribution in [2.24, 2.45) is 0 Å². The quantitative estimate of drug-likeness (QED) is 0.631. The summed E-state index contributed by atoms with van der Waals surface area (Å²) in [7, 11) is -3.82. The van der Waals surface area contributed by atoms with Crippen LogP contribution in [0.1, 0.15) is 31.1 Å². The Morgan fingerprint density at radius 3 is 2.62 bits per heavy atom. The molecule has 8 nitrogen and oxygen atoms in total. The lowest BCUT2D eigenvalue weighted by molar-refractivity contribution is 0.0522. The first kappa shape index (κ1) is 17.6. The number of hydrogen-bond acceptors (Lipinski definition) is 6. The first-order chi connectivity index (χ1) is 9.96. The fourth-order valence-electron chi connectivity index (χ4n) is 1.78. The number of aromatic nitrogens is 2. The van der Waals surface area contributed by atoms with Crippen molar-refractivity contribution in [2.45, 2.75) is 25.8 Å². The maximum Gasteiger partial charge on any atom is 0.342 e. The summed E-state index contributed by atoms with van der Waals surface area (Å²) in [5.74, 6) is -0.713. The standard InChI is InChI=1S/C12H22N4O4S/c1-4-16(5-2)8-7-14-21(18,19)11-10(9-13-15-11)12(17)20-6-3/h9,14H,4-8H2,1-3H3,(H,13,15). The molecular formula is C12H22N4O4S. The van der Waals surface area contributed by atoms with E-state index in [4.69, 9.17) is 4.74 Å². The molecule has 0 aliphatic carbocycles.